The lowest BCUT2D eigenvalue weighted by Gasteiger charge is -2.26. The fourth-order valence-electron chi connectivity index (χ4n) is 4.12. The van der Waals surface area contributed by atoms with E-state index in [0.717, 1.165) is 44.5 Å². The van der Waals surface area contributed by atoms with Gasteiger partial charge >= 0.3 is 5.97 Å². The minimum atomic E-state index is -0.173. The zero-order chi connectivity index (χ0) is 17.7. The van der Waals surface area contributed by atoms with Gasteiger partial charge in [0.05, 0.1) is 5.92 Å². The van der Waals surface area contributed by atoms with Gasteiger partial charge in [0.1, 0.15) is 6.61 Å². The van der Waals surface area contributed by atoms with Gasteiger partial charge in [-0.1, -0.05) is 56.3 Å². The molecule has 1 heterocycles. The molecule has 1 aromatic rings. The number of nitrogens with zero attached hydrogens (tertiary/aromatic N) is 1. The molecule has 0 N–H and O–H groups in total. The molecule has 1 aliphatic heterocycles. The summed E-state index contributed by atoms with van der Waals surface area (Å²) in [5.74, 6) is 0.0170. The van der Waals surface area contributed by atoms with Crippen molar-refractivity contribution in [3.63, 3.8) is 0 Å². The van der Waals surface area contributed by atoms with Crippen LogP contribution >= 0.6 is 0 Å². The van der Waals surface area contributed by atoms with Gasteiger partial charge in [0.15, 0.2) is 0 Å². The highest BCUT2D eigenvalue weighted by Gasteiger charge is 2.31. The largest absolute Gasteiger partial charge is 0.464 e. The Balaban J connectivity index is 1.59. The molecule has 0 amide bonds. The predicted molar refractivity (Wildman–Crippen MR) is 101 cm³/mol. The van der Waals surface area contributed by atoms with E-state index in [0.29, 0.717) is 12.0 Å². The van der Waals surface area contributed by atoms with Crippen molar-refractivity contribution in [3.8, 4) is 0 Å². The van der Waals surface area contributed by atoms with Crippen molar-refractivity contribution in [3.05, 3.63) is 48.0 Å². The summed E-state index contributed by atoms with van der Waals surface area (Å²) in [5.41, 5.74) is 1.47. The van der Waals surface area contributed by atoms with E-state index in [1.54, 1.807) is 0 Å². The van der Waals surface area contributed by atoms with Crippen LogP contribution < -0.4 is 0 Å². The average Bonchev–Trinajstić information content (AvgIpc) is 2.96. The minimum absolute atomic E-state index is 0.0683. The van der Waals surface area contributed by atoms with Crippen LogP contribution in [0.3, 0.4) is 0 Å². The second-order valence-corrected chi connectivity index (χ2v) is 8.27. The molecule has 0 aromatic heterocycles. The first kappa shape index (κ1) is 18.2. The molecule has 0 bridgehead atoms. The number of hydrogen-bond acceptors (Lipinski definition) is 3. The van der Waals surface area contributed by atoms with Crippen molar-refractivity contribution in [1.82, 2.24) is 4.90 Å². The first-order valence-corrected chi connectivity index (χ1v) is 9.66. The van der Waals surface area contributed by atoms with Crippen LogP contribution in [0.2, 0.25) is 0 Å². The number of carbonyl (C=O) groups is 1. The maximum absolute atomic E-state index is 12.9. The summed E-state index contributed by atoms with van der Waals surface area (Å²) < 4.78 is 5.73. The van der Waals surface area contributed by atoms with Crippen LogP contribution in [-0.2, 0) is 9.53 Å². The summed E-state index contributed by atoms with van der Waals surface area (Å²) in [5, 5.41) is 0. The number of rotatable bonds is 6. The molecular formula is C22H31NO2. The SMILES string of the molecule is CC1(C)CCN(CCOC(=O)C(c2ccccc2)C2C=CCCC2)C1. The highest BCUT2D eigenvalue weighted by atomic mass is 16.5. The lowest BCUT2D eigenvalue weighted by molar-refractivity contribution is -0.147. The van der Waals surface area contributed by atoms with E-state index in [9.17, 15) is 4.79 Å². The van der Waals surface area contributed by atoms with Gasteiger partial charge in [-0.15, -0.1) is 0 Å². The second-order valence-electron chi connectivity index (χ2n) is 8.27. The number of allylic oxidation sites excluding steroid dienone is 2. The summed E-state index contributed by atoms with van der Waals surface area (Å²) in [6.45, 7) is 8.15. The standard InChI is InChI=1S/C22H31NO2/c1-22(2)13-14-23(17-22)15-16-25-21(24)20(18-9-5-3-6-10-18)19-11-7-4-8-12-19/h3,5-7,9-11,19-20H,4,8,12-17H2,1-2H3. The molecule has 2 atom stereocenters. The number of likely N-dealkylation sites (tertiary alicyclic amines) is 1. The molecule has 0 radical (unpaired) electrons. The van der Waals surface area contributed by atoms with Crippen LogP contribution in [0.1, 0.15) is 51.0 Å². The van der Waals surface area contributed by atoms with Crippen molar-refractivity contribution in [1.29, 1.82) is 0 Å². The first-order valence-electron chi connectivity index (χ1n) is 9.66. The summed E-state index contributed by atoms with van der Waals surface area (Å²) >= 11 is 0. The van der Waals surface area contributed by atoms with Gasteiger partial charge < -0.3 is 4.74 Å². The molecule has 3 heteroatoms. The fraction of sp³-hybridized carbons (Fsp3) is 0.591. The number of benzene rings is 1. The molecule has 1 fully saturated rings. The van der Waals surface area contributed by atoms with E-state index in [2.05, 4.69) is 43.0 Å². The Labute approximate surface area is 152 Å². The molecule has 1 saturated heterocycles. The zero-order valence-corrected chi connectivity index (χ0v) is 15.6. The van der Waals surface area contributed by atoms with Gasteiger partial charge in [-0.05, 0) is 49.1 Å². The number of esters is 1. The predicted octanol–water partition coefficient (Wildman–Crippen LogP) is 4.40. The van der Waals surface area contributed by atoms with E-state index >= 15 is 0 Å². The number of ether oxygens (including phenoxy) is 1. The van der Waals surface area contributed by atoms with Gasteiger partial charge in [0.2, 0.25) is 0 Å². The first-order chi connectivity index (χ1) is 12.1. The Bertz CT molecular complexity index is 593. The van der Waals surface area contributed by atoms with E-state index in [4.69, 9.17) is 4.74 Å². The molecular weight excluding hydrogens is 310 g/mol. The average molecular weight is 341 g/mol. The maximum Gasteiger partial charge on any atom is 0.314 e. The number of carbonyl (C=O) groups excluding carboxylic acids is 1. The van der Waals surface area contributed by atoms with E-state index in [1.807, 2.05) is 18.2 Å². The van der Waals surface area contributed by atoms with Gasteiger partial charge in [-0.25, -0.2) is 0 Å². The third-order valence-electron chi connectivity index (χ3n) is 5.54. The van der Waals surface area contributed by atoms with Gasteiger partial charge in [-0.2, -0.15) is 0 Å². The molecule has 2 aliphatic rings. The third-order valence-corrected chi connectivity index (χ3v) is 5.54. The molecule has 3 rings (SSSR count). The Kier molecular flexibility index (Phi) is 5.95. The Hall–Kier alpha value is -1.61. The van der Waals surface area contributed by atoms with Gasteiger partial charge in [0.25, 0.3) is 0 Å². The van der Waals surface area contributed by atoms with E-state index in [1.165, 1.54) is 6.42 Å². The smallest absolute Gasteiger partial charge is 0.314 e. The summed E-state index contributed by atoms with van der Waals surface area (Å²) in [6, 6.07) is 10.1. The second kappa shape index (κ2) is 8.18. The van der Waals surface area contributed by atoms with Gasteiger partial charge in [-0.3, -0.25) is 9.69 Å². The van der Waals surface area contributed by atoms with Crippen LogP contribution in [0.4, 0.5) is 0 Å². The quantitative estimate of drug-likeness (QED) is 0.567. The lowest BCUT2D eigenvalue weighted by atomic mass is 9.80. The third kappa shape index (κ3) is 4.94. The zero-order valence-electron chi connectivity index (χ0n) is 15.6. The summed E-state index contributed by atoms with van der Waals surface area (Å²) in [4.78, 5) is 15.3. The highest BCUT2D eigenvalue weighted by molar-refractivity contribution is 5.79. The monoisotopic (exact) mass is 341 g/mol. The molecule has 2 unspecified atom stereocenters. The molecule has 1 aliphatic carbocycles. The van der Waals surface area contributed by atoms with Crippen molar-refractivity contribution in [2.45, 2.75) is 45.4 Å². The highest BCUT2D eigenvalue weighted by Crippen LogP contribution is 2.33. The molecule has 0 spiro atoms. The fourth-order valence-corrected chi connectivity index (χ4v) is 4.12. The van der Waals surface area contributed by atoms with Gasteiger partial charge in [0, 0.05) is 13.1 Å². The maximum atomic E-state index is 12.9. The molecule has 3 nitrogen and oxygen atoms in total. The van der Waals surface area contributed by atoms with Crippen LogP contribution in [-0.4, -0.2) is 37.1 Å². The molecule has 136 valence electrons. The molecule has 0 saturated carbocycles. The van der Waals surface area contributed by atoms with Crippen LogP contribution in [0.15, 0.2) is 42.5 Å². The van der Waals surface area contributed by atoms with Crippen LogP contribution in [0.25, 0.3) is 0 Å². The van der Waals surface area contributed by atoms with Crippen molar-refractivity contribution < 1.29 is 9.53 Å². The summed E-state index contributed by atoms with van der Waals surface area (Å²) in [6.07, 6.45) is 8.99. The molecule has 25 heavy (non-hydrogen) atoms. The van der Waals surface area contributed by atoms with Crippen molar-refractivity contribution in [2.75, 3.05) is 26.2 Å². The Morgan fingerprint density at radius 3 is 2.76 bits per heavy atom. The van der Waals surface area contributed by atoms with Crippen LogP contribution in [0, 0.1) is 11.3 Å². The minimum Gasteiger partial charge on any atom is -0.464 e. The lowest BCUT2D eigenvalue weighted by Crippen LogP contribution is -2.30. The van der Waals surface area contributed by atoms with Crippen molar-refractivity contribution >= 4 is 5.97 Å². The van der Waals surface area contributed by atoms with E-state index < -0.39 is 0 Å². The topological polar surface area (TPSA) is 29.5 Å². The van der Waals surface area contributed by atoms with Crippen LogP contribution in [0.5, 0.6) is 0 Å². The Morgan fingerprint density at radius 1 is 1.32 bits per heavy atom. The normalized spacial score (nSPS) is 24.2. The Morgan fingerprint density at radius 2 is 2.12 bits per heavy atom. The number of hydrogen-bond donors (Lipinski definition) is 0. The van der Waals surface area contributed by atoms with E-state index in [-0.39, 0.29) is 17.8 Å². The summed E-state index contributed by atoms with van der Waals surface area (Å²) in [7, 11) is 0. The van der Waals surface area contributed by atoms with Crippen molar-refractivity contribution in [2.24, 2.45) is 11.3 Å². The molecule has 1 aromatic carbocycles.